The van der Waals surface area contributed by atoms with Gasteiger partial charge in [0.2, 0.25) is 0 Å². The lowest BCUT2D eigenvalue weighted by molar-refractivity contribution is 0.102. The highest BCUT2D eigenvalue weighted by Gasteiger charge is 2.14. The highest BCUT2D eigenvalue weighted by atomic mass is 32.2. The molecule has 0 atom stereocenters. The molecule has 3 rings (SSSR count). The number of pyridine rings is 1. The number of benzene rings is 1. The van der Waals surface area contributed by atoms with Gasteiger partial charge in [-0.15, -0.1) is 11.3 Å². The minimum Gasteiger partial charge on any atom is -0.493 e. The van der Waals surface area contributed by atoms with Gasteiger partial charge < -0.3 is 9.47 Å². The van der Waals surface area contributed by atoms with Crippen molar-refractivity contribution < 1.29 is 14.3 Å². The zero-order chi connectivity index (χ0) is 19.2. The second kappa shape index (κ2) is 8.71. The fourth-order valence-electron chi connectivity index (χ4n) is 2.42. The van der Waals surface area contributed by atoms with Crippen molar-refractivity contribution in [1.29, 1.82) is 5.26 Å². The third-order valence-electron chi connectivity index (χ3n) is 3.80. The van der Waals surface area contributed by atoms with E-state index >= 15 is 0 Å². The summed E-state index contributed by atoms with van der Waals surface area (Å²) in [6.45, 7) is 0. The smallest absolute Gasteiger partial charge is 0.173 e. The van der Waals surface area contributed by atoms with Crippen LogP contribution in [0.3, 0.4) is 0 Å². The molecule has 0 aliphatic carbocycles. The predicted octanol–water partition coefficient (Wildman–Crippen LogP) is 4.67. The summed E-state index contributed by atoms with van der Waals surface area (Å²) in [5.74, 6) is 1.17. The van der Waals surface area contributed by atoms with Crippen molar-refractivity contribution >= 4 is 28.9 Å². The molecular weight excluding hydrogens is 380 g/mol. The van der Waals surface area contributed by atoms with Crippen LogP contribution in [-0.4, -0.2) is 30.7 Å². The number of thiophene rings is 1. The van der Waals surface area contributed by atoms with Gasteiger partial charge in [0.15, 0.2) is 17.3 Å². The van der Waals surface area contributed by atoms with Gasteiger partial charge in [-0.05, 0) is 41.8 Å². The first-order valence-corrected chi connectivity index (χ1v) is 9.86. The van der Waals surface area contributed by atoms with Crippen LogP contribution in [0.25, 0.3) is 10.6 Å². The minimum absolute atomic E-state index is 0.0758. The van der Waals surface area contributed by atoms with Crippen molar-refractivity contribution in [2.45, 2.75) is 5.03 Å². The standard InChI is InChI=1S/C20H16N2O3S2/c1-24-17-8-6-13(10-18(17)25-2)16(23)12-27-20-14(11-21)5-7-15(22-20)19-4-3-9-26-19/h3-10H,12H2,1-2H3. The maximum Gasteiger partial charge on any atom is 0.173 e. The fourth-order valence-corrected chi connectivity index (χ4v) is 3.99. The van der Waals surface area contributed by atoms with E-state index in [1.54, 1.807) is 42.7 Å². The molecule has 0 aliphatic heterocycles. The Labute approximate surface area is 165 Å². The van der Waals surface area contributed by atoms with E-state index in [0.717, 1.165) is 10.6 Å². The number of ketones is 1. The third kappa shape index (κ3) is 4.30. The average Bonchev–Trinajstić information content (AvgIpc) is 3.26. The number of hydrogen-bond donors (Lipinski definition) is 0. The zero-order valence-corrected chi connectivity index (χ0v) is 16.4. The Hall–Kier alpha value is -2.82. The highest BCUT2D eigenvalue weighted by molar-refractivity contribution is 8.00. The second-order valence-corrected chi connectivity index (χ2v) is 7.33. The van der Waals surface area contributed by atoms with Crippen LogP contribution >= 0.6 is 23.1 Å². The van der Waals surface area contributed by atoms with Crippen LogP contribution in [0.2, 0.25) is 0 Å². The largest absolute Gasteiger partial charge is 0.493 e. The summed E-state index contributed by atoms with van der Waals surface area (Å²) < 4.78 is 10.4. The van der Waals surface area contributed by atoms with Crippen molar-refractivity contribution in [3.8, 4) is 28.1 Å². The van der Waals surface area contributed by atoms with Crippen molar-refractivity contribution in [1.82, 2.24) is 4.98 Å². The Morgan fingerprint density at radius 1 is 1.19 bits per heavy atom. The maximum absolute atomic E-state index is 12.6. The van der Waals surface area contributed by atoms with Gasteiger partial charge in [0.1, 0.15) is 11.1 Å². The van der Waals surface area contributed by atoms with Gasteiger partial charge in [0, 0.05) is 5.56 Å². The van der Waals surface area contributed by atoms with Gasteiger partial charge >= 0.3 is 0 Å². The minimum atomic E-state index is -0.0758. The normalized spacial score (nSPS) is 10.3. The van der Waals surface area contributed by atoms with E-state index in [1.165, 1.54) is 18.9 Å². The zero-order valence-electron chi connectivity index (χ0n) is 14.8. The van der Waals surface area contributed by atoms with E-state index in [-0.39, 0.29) is 11.5 Å². The Bertz CT molecular complexity index is 995. The monoisotopic (exact) mass is 396 g/mol. The molecule has 0 amide bonds. The summed E-state index contributed by atoms with van der Waals surface area (Å²) in [6, 6.07) is 14.7. The van der Waals surface area contributed by atoms with Crippen LogP contribution in [0.1, 0.15) is 15.9 Å². The van der Waals surface area contributed by atoms with Crippen molar-refractivity contribution in [3.63, 3.8) is 0 Å². The van der Waals surface area contributed by atoms with Gasteiger partial charge in [-0.25, -0.2) is 4.98 Å². The van der Waals surface area contributed by atoms with E-state index < -0.39 is 0 Å². The van der Waals surface area contributed by atoms with Gasteiger partial charge in [0.25, 0.3) is 0 Å². The maximum atomic E-state index is 12.6. The second-order valence-electron chi connectivity index (χ2n) is 5.42. The summed E-state index contributed by atoms with van der Waals surface area (Å²) in [6.07, 6.45) is 0. The quantitative estimate of drug-likeness (QED) is 0.427. The molecule has 136 valence electrons. The Balaban J connectivity index is 1.79. The molecule has 0 radical (unpaired) electrons. The number of carbonyl (C=O) groups is 1. The van der Waals surface area contributed by atoms with Crippen LogP contribution in [-0.2, 0) is 0 Å². The summed E-state index contributed by atoms with van der Waals surface area (Å²) in [4.78, 5) is 18.2. The lowest BCUT2D eigenvalue weighted by Gasteiger charge is -2.09. The molecule has 0 unspecified atom stereocenters. The first-order chi connectivity index (χ1) is 13.2. The molecule has 1 aromatic carbocycles. The van der Waals surface area contributed by atoms with E-state index in [1.807, 2.05) is 23.6 Å². The molecule has 27 heavy (non-hydrogen) atoms. The molecule has 2 aromatic heterocycles. The van der Waals surface area contributed by atoms with Crippen molar-refractivity contribution in [2.75, 3.05) is 20.0 Å². The first-order valence-electron chi connectivity index (χ1n) is 7.99. The molecular formula is C20H16N2O3S2. The number of nitrogens with zero attached hydrogens (tertiary/aromatic N) is 2. The van der Waals surface area contributed by atoms with E-state index in [9.17, 15) is 10.1 Å². The third-order valence-corrected chi connectivity index (χ3v) is 5.68. The number of carbonyl (C=O) groups excluding carboxylic acids is 1. The van der Waals surface area contributed by atoms with Crippen LogP contribution in [0, 0.1) is 11.3 Å². The van der Waals surface area contributed by atoms with E-state index in [4.69, 9.17) is 9.47 Å². The lowest BCUT2D eigenvalue weighted by atomic mass is 10.1. The molecule has 0 N–H and O–H groups in total. The van der Waals surface area contributed by atoms with Gasteiger partial charge in [-0.1, -0.05) is 17.8 Å². The molecule has 5 nitrogen and oxygen atoms in total. The Kier molecular flexibility index (Phi) is 6.12. The van der Waals surface area contributed by atoms with Gasteiger partial charge in [0.05, 0.1) is 36.1 Å². The molecule has 0 spiro atoms. The average molecular weight is 396 g/mol. The van der Waals surface area contributed by atoms with E-state index in [0.29, 0.717) is 27.7 Å². The van der Waals surface area contributed by atoms with Gasteiger partial charge in [-0.2, -0.15) is 5.26 Å². The Morgan fingerprint density at radius 3 is 2.67 bits per heavy atom. The van der Waals surface area contributed by atoms with Crippen molar-refractivity contribution in [3.05, 3.63) is 59.0 Å². The van der Waals surface area contributed by atoms with E-state index in [2.05, 4.69) is 11.1 Å². The summed E-state index contributed by atoms with van der Waals surface area (Å²) in [5.41, 5.74) is 1.78. The number of nitriles is 1. The molecule has 3 aromatic rings. The lowest BCUT2D eigenvalue weighted by Crippen LogP contribution is -2.04. The summed E-state index contributed by atoms with van der Waals surface area (Å²) in [5, 5.41) is 11.9. The number of thioether (sulfide) groups is 1. The number of ether oxygens (including phenoxy) is 2. The molecule has 0 saturated carbocycles. The van der Waals surface area contributed by atoms with Crippen LogP contribution in [0.15, 0.2) is 52.9 Å². The topological polar surface area (TPSA) is 72.2 Å². The summed E-state index contributed by atoms with van der Waals surface area (Å²) in [7, 11) is 3.07. The summed E-state index contributed by atoms with van der Waals surface area (Å²) >= 11 is 2.84. The molecule has 0 bridgehead atoms. The number of rotatable bonds is 7. The number of methoxy groups -OCH3 is 2. The molecule has 2 heterocycles. The molecule has 0 saturated heterocycles. The SMILES string of the molecule is COc1ccc(C(=O)CSc2nc(-c3cccs3)ccc2C#N)cc1OC. The molecule has 7 heteroatoms. The van der Waals surface area contributed by atoms with Crippen LogP contribution < -0.4 is 9.47 Å². The first kappa shape index (κ1) is 19.0. The fraction of sp³-hybridized carbons (Fsp3) is 0.150. The molecule has 0 fully saturated rings. The van der Waals surface area contributed by atoms with Crippen LogP contribution in [0.4, 0.5) is 0 Å². The highest BCUT2D eigenvalue weighted by Crippen LogP contribution is 2.30. The predicted molar refractivity (Wildman–Crippen MR) is 107 cm³/mol. The van der Waals surface area contributed by atoms with Crippen molar-refractivity contribution in [2.24, 2.45) is 0 Å². The number of hydrogen-bond acceptors (Lipinski definition) is 7. The van der Waals surface area contributed by atoms with Gasteiger partial charge in [-0.3, -0.25) is 4.79 Å². The number of Topliss-reactive ketones (excluding diaryl/α,β-unsaturated/α-hetero) is 1. The number of aromatic nitrogens is 1. The Morgan fingerprint density at radius 2 is 2.00 bits per heavy atom. The van der Waals surface area contributed by atoms with Crippen LogP contribution in [0.5, 0.6) is 11.5 Å². The molecule has 0 aliphatic rings.